The Hall–Kier alpha value is -0.910. The van der Waals surface area contributed by atoms with Crippen LogP contribution in [0.25, 0.3) is 0 Å². The SMILES string of the molecule is CN(Cc1ccccc1CN)S(=O)(=O)C1CCCCC1. The van der Waals surface area contributed by atoms with Crippen molar-refractivity contribution >= 4 is 10.0 Å². The minimum absolute atomic E-state index is 0.203. The van der Waals surface area contributed by atoms with Gasteiger partial charge in [-0.3, -0.25) is 0 Å². The largest absolute Gasteiger partial charge is 0.326 e. The number of hydrogen-bond acceptors (Lipinski definition) is 3. The molecule has 0 bridgehead atoms. The lowest BCUT2D eigenvalue weighted by atomic mass is 10.0. The highest BCUT2D eigenvalue weighted by molar-refractivity contribution is 7.89. The van der Waals surface area contributed by atoms with E-state index in [2.05, 4.69) is 0 Å². The van der Waals surface area contributed by atoms with E-state index in [1.54, 1.807) is 7.05 Å². The first-order valence-corrected chi connectivity index (χ1v) is 8.78. The molecule has 2 rings (SSSR count). The Kier molecular flexibility index (Phi) is 5.18. The van der Waals surface area contributed by atoms with Gasteiger partial charge in [-0.1, -0.05) is 43.5 Å². The van der Waals surface area contributed by atoms with Gasteiger partial charge in [-0.25, -0.2) is 12.7 Å². The molecule has 1 fully saturated rings. The van der Waals surface area contributed by atoms with Crippen molar-refractivity contribution in [3.63, 3.8) is 0 Å². The summed E-state index contributed by atoms with van der Waals surface area (Å²) in [6.07, 6.45) is 4.80. The monoisotopic (exact) mass is 296 g/mol. The second kappa shape index (κ2) is 6.70. The smallest absolute Gasteiger partial charge is 0.217 e. The molecule has 0 aliphatic heterocycles. The van der Waals surface area contributed by atoms with Crippen molar-refractivity contribution in [2.45, 2.75) is 50.4 Å². The second-order valence-electron chi connectivity index (χ2n) is 5.53. The van der Waals surface area contributed by atoms with E-state index < -0.39 is 10.0 Å². The van der Waals surface area contributed by atoms with Gasteiger partial charge in [-0.2, -0.15) is 0 Å². The van der Waals surface area contributed by atoms with Gasteiger partial charge < -0.3 is 5.73 Å². The van der Waals surface area contributed by atoms with E-state index in [1.165, 1.54) is 4.31 Å². The summed E-state index contributed by atoms with van der Waals surface area (Å²) < 4.78 is 26.7. The molecule has 1 saturated carbocycles. The van der Waals surface area contributed by atoms with Gasteiger partial charge in [0.15, 0.2) is 0 Å². The third kappa shape index (κ3) is 3.40. The summed E-state index contributed by atoms with van der Waals surface area (Å²) in [6.45, 7) is 0.847. The van der Waals surface area contributed by atoms with Crippen molar-refractivity contribution in [3.05, 3.63) is 35.4 Å². The van der Waals surface area contributed by atoms with Gasteiger partial charge >= 0.3 is 0 Å². The Bertz CT molecular complexity index is 537. The Labute approximate surface area is 122 Å². The molecule has 0 spiro atoms. The predicted molar refractivity (Wildman–Crippen MR) is 81.6 cm³/mol. The van der Waals surface area contributed by atoms with Crippen LogP contribution in [0.15, 0.2) is 24.3 Å². The molecule has 2 N–H and O–H groups in total. The number of sulfonamides is 1. The maximum Gasteiger partial charge on any atom is 0.217 e. The summed E-state index contributed by atoms with van der Waals surface area (Å²) in [5.41, 5.74) is 7.72. The molecule has 0 radical (unpaired) electrons. The highest BCUT2D eigenvalue weighted by Crippen LogP contribution is 2.26. The molecule has 1 aliphatic rings. The molecule has 0 saturated heterocycles. The number of rotatable bonds is 5. The summed E-state index contributed by atoms with van der Waals surface area (Å²) in [6, 6.07) is 7.77. The van der Waals surface area contributed by atoms with Gasteiger partial charge in [0.1, 0.15) is 0 Å². The molecule has 0 atom stereocenters. The lowest BCUT2D eigenvalue weighted by molar-refractivity contribution is 0.422. The van der Waals surface area contributed by atoms with Gasteiger partial charge in [0, 0.05) is 20.1 Å². The highest BCUT2D eigenvalue weighted by atomic mass is 32.2. The summed E-state index contributed by atoms with van der Waals surface area (Å²) >= 11 is 0. The van der Waals surface area contributed by atoms with Crippen LogP contribution in [0.4, 0.5) is 0 Å². The van der Waals surface area contributed by atoms with Crippen LogP contribution in [-0.2, 0) is 23.1 Å². The van der Waals surface area contributed by atoms with Crippen molar-refractivity contribution in [1.82, 2.24) is 4.31 Å². The Balaban J connectivity index is 2.12. The molecule has 0 amide bonds. The minimum atomic E-state index is -3.19. The maximum absolute atomic E-state index is 12.6. The van der Waals surface area contributed by atoms with Crippen molar-refractivity contribution < 1.29 is 8.42 Å². The summed E-state index contributed by atoms with van der Waals surface area (Å²) in [5.74, 6) is 0. The van der Waals surface area contributed by atoms with E-state index in [9.17, 15) is 8.42 Å². The first-order chi connectivity index (χ1) is 9.55. The lowest BCUT2D eigenvalue weighted by Crippen LogP contribution is -2.37. The zero-order chi connectivity index (χ0) is 14.6. The van der Waals surface area contributed by atoms with Crippen LogP contribution in [0.3, 0.4) is 0 Å². The molecule has 1 aromatic rings. The summed E-state index contributed by atoms with van der Waals surface area (Å²) in [7, 11) is -1.51. The molecule has 0 unspecified atom stereocenters. The molecule has 5 heteroatoms. The fraction of sp³-hybridized carbons (Fsp3) is 0.600. The van der Waals surface area contributed by atoms with E-state index in [1.807, 2.05) is 24.3 Å². The van der Waals surface area contributed by atoms with Crippen LogP contribution < -0.4 is 5.73 Å². The standard InChI is InChI=1S/C15H24N2O2S/c1-17(12-14-8-6-5-7-13(14)11-16)20(18,19)15-9-3-2-4-10-15/h5-8,15H,2-4,9-12,16H2,1H3. The fourth-order valence-corrected chi connectivity index (χ4v) is 4.62. The number of benzene rings is 1. The van der Waals surface area contributed by atoms with E-state index in [-0.39, 0.29) is 5.25 Å². The van der Waals surface area contributed by atoms with Crippen LogP contribution in [0.2, 0.25) is 0 Å². The van der Waals surface area contributed by atoms with Crippen LogP contribution in [0.1, 0.15) is 43.2 Å². The number of hydrogen-bond donors (Lipinski definition) is 1. The minimum Gasteiger partial charge on any atom is -0.326 e. The Morgan fingerprint density at radius 1 is 1.15 bits per heavy atom. The molecule has 112 valence electrons. The average Bonchev–Trinajstić information content (AvgIpc) is 2.48. The third-order valence-electron chi connectivity index (χ3n) is 4.14. The van der Waals surface area contributed by atoms with Crippen LogP contribution in [0, 0.1) is 0 Å². The van der Waals surface area contributed by atoms with Gasteiger partial charge in [0.2, 0.25) is 10.0 Å². The quantitative estimate of drug-likeness (QED) is 0.906. The predicted octanol–water partition coefficient (Wildman–Crippen LogP) is 2.24. The van der Waals surface area contributed by atoms with Crippen LogP contribution >= 0.6 is 0 Å². The average molecular weight is 296 g/mol. The van der Waals surface area contributed by atoms with E-state index in [0.29, 0.717) is 13.1 Å². The van der Waals surface area contributed by atoms with Crippen LogP contribution in [0.5, 0.6) is 0 Å². The van der Waals surface area contributed by atoms with Gasteiger partial charge in [0.25, 0.3) is 0 Å². The second-order valence-corrected chi connectivity index (χ2v) is 7.85. The highest BCUT2D eigenvalue weighted by Gasteiger charge is 2.30. The van der Waals surface area contributed by atoms with E-state index in [0.717, 1.165) is 43.2 Å². The first kappa shape index (κ1) is 15.5. The van der Waals surface area contributed by atoms with E-state index >= 15 is 0 Å². The number of nitrogens with zero attached hydrogens (tertiary/aromatic N) is 1. The zero-order valence-electron chi connectivity index (χ0n) is 12.1. The molecular weight excluding hydrogens is 272 g/mol. The lowest BCUT2D eigenvalue weighted by Gasteiger charge is -2.27. The number of nitrogens with two attached hydrogens (primary N) is 1. The van der Waals surface area contributed by atoms with Gasteiger partial charge in [-0.15, -0.1) is 0 Å². The zero-order valence-corrected chi connectivity index (χ0v) is 12.9. The van der Waals surface area contributed by atoms with Crippen molar-refractivity contribution in [2.75, 3.05) is 7.05 Å². The molecule has 1 aliphatic carbocycles. The van der Waals surface area contributed by atoms with Crippen molar-refractivity contribution in [1.29, 1.82) is 0 Å². The van der Waals surface area contributed by atoms with Gasteiger partial charge in [0.05, 0.1) is 5.25 Å². The van der Waals surface area contributed by atoms with Crippen molar-refractivity contribution in [3.8, 4) is 0 Å². The summed E-state index contributed by atoms with van der Waals surface area (Å²) in [4.78, 5) is 0. The Morgan fingerprint density at radius 3 is 2.35 bits per heavy atom. The molecule has 0 heterocycles. The summed E-state index contributed by atoms with van der Waals surface area (Å²) in [5, 5.41) is -0.203. The van der Waals surface area contributed by atoms with Crippen LogP contribution in [-0.4, -0.2) is 25.0 Å². The van der Waals surface area contributed by atoms with Gasteiger partial charge in [-0.05, 0) is 24.0 Å². The third-order valence-corrected chi connectivity index (χ3v) is 6.45. The molecule has 0 aromatic heterocycles. The topological polar surface area (TPSA) is 63.4 Å². The first-order valence-electron chi connectivity index (χ1n) is 7.27. The molecular formula is C15H24N2O2S. The molecule has 1 aromatic carbocycles. The maximum atomic E-state index is 12.6. The van der Waals surface area contributed by atoms with E-state index in [4.69, 9.17) is 5.73 Å². The molecule has 20 heavy (non-hydrogen) atoms. The fourth-order valence-electron chi connectivity index (χ4n) is 2.86. The molecule has 4 nitrogen and oxygen atoms in total. The Morgan fingerprint density at radius 2 is 1.75 bits per heavy atom. The van der Waals surface area contributed by atoms with Crippen molar-refractivity contribution in [2.24, 2.45) is 5.73 Å². The normalized spacial score (nSPS) is 17.6.